The Labute approximate surface area is 355 Å². The highest BCUT2D eigenvalue weighted by Crippen LogP contribution is 2.43. The second kappa shape index (κ2) is 12.6. The zero-order chi connectivity index (χ0) is 40.5. The Morgan fingerprint density at radius 2 is 0.726 bits per heavy atom. The van der Waals surface area contributed by atoms with Gasteiger partial charge in [-0.15, -0.1) is 0 Å². The molecular weight excluding hydrogens is 753 g/mol. The van der Waals surface area contributed by atoms with Crippen molar-refractivity contribution in [2.24, 2.45) is 0 Å². The molecule has 0 fully saturated rings. The van der Waals surface area contributed by atoms with Crippen LogP contribution in [0.2, 0.25) is 0 Å². The third-order valence-corrected chi connectivity index (χ3v) is 13.2. The van der Waals surface area contributed by atoms with E-state index in [4.69, 9.17) is 9.97 Å². The zero-order valence-electron chi connectivity index (χ0n) is 33.4. The smallest absolute Gasteiger partial charge is 0.0979 e. The Hall–Kier alpha value is -8.34. The number of aromatic nitrogens is 4. The fourth-order valence-electron chi connectivity index (χ4n) is 10.6. The molecule has 14 rings (SSSR count). The summed E-state index contributed by atoms with van der Waals surface area (Å²) in [6.07, 6.45) is 0. The summed E-state index contributed by atoms with van der Waals surface area (Å²) < 4.78 is 4.89. The van der Waals surface area contributed by atoms with Crippen molar-refractivity contribution in [3.63, 3.8) is 0 Å². The van der Waals surface area contributed by atoms with E-state index in [2.05, 4.69) is 215 Å². The van der Waals surface area contributed by atoms with E-state index in [-0.39, 0.29) is 0 Å². The molecule has 11 aromatic carbocycles. The molecule has 4 nitrogen and oxygen atoms in total. The van der Waals surface area contributed by atoms with Crippen LogP contribution < -0.4 is 0 Å². The van der Waals surface area contributed by atoms with Crippen LogP contribution in [0, 0.1) is 0 Å². The molecule has 0 aliphatic heterocycles. The molecular formula is C58H34N4. The number of hydrogen-bond donors (Lipinski definition) is 0. The molecule has 0 N–H and O–H groups in total. The van der Waals surface area contributed by atoms with Gasteiger partial charge in [0.05, 0.1) is 44.1 Å². The molecule has 0 atom stereocenters. The van der Waals surface area contributed by atoms with E-state index in [9.17, 15) is 0 Å². The van der Waals surface area contributed by atoms with E-state index in [0.717, 1.165) is 66.1 Å². The summed E-state index contributed by atoms with van der Waals surface area (Å²) in [7, 11) is 0. The summed E-state index contributed by atoms with van der Waals surface area (Å²) in [6.45, 7) is 0. The molecule has 0 aliphatic rings. The quantitative estimate of drug-likeness (QED) is 0.132. The van der Waals surface area contributed by atoms with E-state index >= 15 is 0 Å². The maximum Gasteiger partial charge on any atom is 0.0979 e. The highest BCUT2D eigenvalue weighted by Gasteiger charge is 2.22. The van der Waals surface area contributed by atoms with Gasteiger partial charge in [0.25, 0.3) is 0 Å². The van der Waals surface area contributed by atoms with Gasteiger partial charge in [-0.3, -0.25) is 0 Å². The molecule has 0 saturated heterocycles. The molecule has 0 radical (unpaired) electrons. The standard InChI is InChI=1S/C58H34N4/c1-2-16-37(17-3-1)62-50-27-12-10-22-42(50)47-31-32-52-53(58(47)62)48-26-11-13-28-51(48)61(52)38-18-14-15-35(33-38)36-29-30-46-49(34-36)41-21-6-9-25-45(41)56-57(46)60-55-44-24-8-5-20-40(44)39-19-4-7-23-43(39)54(55)59-56/h1-34H. The van der Waals surface area contributed by atoms with Crippen LogP contribution in [-0.4, -0.2) is 19.1 Å². The Morgan fingerprint density at radius 1 is 0.258 bits per heavy atom. The highest BCUT2D eigenvalue weighted by molar-refractivity contribution is 6.29. The van der Waals surface area contributed by atoms with Crippen molar-refractivity contribution < 1.29 is 0 Å². The first-order valence-electron chi connectivity index (χ1n) is 21.3. The summed E-state index contributed by atoms with van der Waals surface area (Å²) in [6, 6.07) is 74.8. The fourth-order valence-corrected chi connectivity index (χ4v) is 10.6. The lowest BCUT2D eigenvalue weighted by molar-refractivity contribution is 1.17. The zero-order valence-corrected chi connectivity index (χ0v) is 33.4. The van der Waals surface area contributed by atoms with Crippen LogP contribution in [0.25, 0.3) is 131 Å². The fraction of sp³-hybridized carbons (Fsp3) is 0. The van der Waals surface area contributed by atoms with Crippen LogP contribution >= 0.6 is 0 Å². The maximum atomic E-state index is 5.54. The molecule has 62 heavy (non-hydrogen) atoms. The second-order valence-corrected chi connectivity index (χ2v) is 16.5. The van der Waals surface area contributed by atoms with Crippen LogP contribution in [0.5, 0.6) is 0 Å². The van der Waals surface area contributed by atoms with Crippen molar-refractivity contribution in [3.8, 4) is 22.5 Å². The van der Waals surface area contributed by atoms with Crippen LogP contribution in [0.1, 0.15) is 0 Å². The van der Waals surface area contributed by atoms with Gasteiger partial charge in [-0.2, -0.15) is 0 Å². The van der Waals surface area contributed by atoms with Crippen molar-refractivity contribution in [2.45, 2.75) is 0 Å². The topological polar surface area (TPSA) is 35.6 Å². The van der Waals surface area contributed by atoms with Gasteiger partial charge in [-0.1, -0.05) is 158 Å². The molecule has 0 amide bonds. The van der Waals surface area contributed by atoms with E-state index < -0.39 is 0 Å². The summed E-state index contributed by atoms with van der Waals surface area (Å²) in [5, 5.41) is 14.2. The van der Waals surface area contributed by atoms with Crippen molar-refractivity contribution in [2.75, 3.05) is 0 Å². The van der Waals surface area contributed by atoms with Crippen LogP contribution in [0.15, 0.2) is 206 Å². The van der Waals surface area contributed by atoms with E-state index in [0.29, 0.717) is 0 Å². The van der Waals surface area contributed by atoms with E-state index in [1.807, 2.05) is 0 Å². The minimum atomic E-state index is 0.927. The Bertz CT molecular complexity index is 4210. The molecule has 3 aromatic heterocycles. The third-order valence-electron chi connectivity index (χ3n) is 13.2. The predicted octanol–water partition coefficient (Wildman–Crippen LogP) is 15.3. The summed E-state index contributed by atoms with van der Waals surface area (Å²) in [5.41, 5.74) is 13.1. The van der Waals surface area contributed by atoms with Gasteiger partial charge in [0.1, 0.15) is 0 Å². The molecule has 0 bridgehead atoms. The largest absolute Gasteiger partial charge is 0.309 e. The molecule has 0 unspecified atom stereocenters. The lowest BCUT2D eigenvalue weighted by Crippen LogP contribution is -1.96. The lowest BCUT2D eigenvalue weighted by Gasteiger charge is -2.15. The van der Waals surface area contributed by atoms with Gasteiger partial charge < -0.3 is 9.13 Å². The minimum absolute atomic E-state index is 0.927. The Morgan fingerprint density at radius 3 is 1.37 bits per heavy atom. The number of rotatable bonds is 3. The Kier molecular flexibility index (Phi) is 6.80. The lowest BCUT2D eigenvalue weighted by atomic mass is 9.94. The average Bonchev–Trinajstić information content (AvgIpc) is 3.87. The molecule has 14 aromatic rings. The number of para-hydroxylation sites is 3. The first-order chi connectivity index (χ1) is 30.8. The van der Waals surface area contributed by atoms with Crippen molar-refractivity contribution in [3.05, 3.63) is 206 Å². The Balaban J connectivity index is 1.00. The van der Waals surface area contributed by atoms with Crippen molar-refractivity contribution >= 4 is 109 Å². The predicted molar refractivity (Wildman–Crippen MR) is 261 cm³/mol. The molecule has 3 heterocycles. The van der Waals surface area contributed by atoms with Gasteiger partial charge in [0.2, 0.25) is 0 Å². The third kappa shape index (κ3) is 4.55. The second-order valence-electron chi connectivity index (χ2n) is 16.5. The molecule has 286 valence electrons. The maximum absolute atomic E-state index is 5.54. The van der Waals surface area contributed by atoms with Gasteiger partial charge in [-0.05, 0) is 81.2 Å². The van der Waals surface area contributed by atoms with Crippen LogP contribution in [0.3, 0.4) is 0 Å². The average molecular weight is 787 g/mol. The molecule has 0 saturated carbocycles. The number of fused-ring (bicyclic) bond motifs is 19. The minimum Gasteiger partial charge on any atom is -0.309 e. The number of hydrogen-bond acceptors (Lipinski definition) is 2. The molecule has 0 spiro atoms. The van der Waals surface area contributed by atoms with Crippen molar-refractivity contribution in [1.29, 1.82) is 0 Å². The van der Waals surface area contributed by atoms with Crippen LogP contribution in [0.4, 0.5) is 0 Å². The first-order valence-corrected chi connectivity index (χ1v) is 21.3. The van der Waals surface area contributed by atoms with E-state index in [1.54, 1.807) is 0 Å². The normalized spacial score (nSPS) is 12.2. The van der Waals surface area contributed by atoms with Gasteiger partial charge in [-0.25, -0.2) is 9.97 Å². The van der Waals surface area contributed by atoms with Crippen LogP contribution in [-0.2, 0) is 0 Å². The molecule has 0 aliphatic carbocycles. The SMILES string of the molecule is c1ccc(-n2c3ccccc3c3ccc4c(c5ccccc5n4-c4cccc(-c5ccc6c(c5)c5ccccc5c5nc7c8ccccc8c8ccccc8c7nc65)c4)c32)cc1. The molecule has 4 heteroatoms. The summed E-state index contributed by atoms with van der Waals surface area (Å²) in [4.78, 5) is 11.0. The summed E-state index contributed by atoms with van der Waals surface area (Å²) >= 11 is 0. The highest BCUT2D eigenvalue weighted by atomic mass is 15.0. The number of benzene rings is 11. The first kappa shape index (κ1) is 33.5. The van der Waals surface area contributed by atoms with Gasteiger partial charge >= 0.3 is 0 Å². The summed E-state index contributed by atoms with van der Waals surface area (Å²) in [5.74, 6) is 0. The van der Waals surface area contributed by atoms with Gasteiger partial charge in [0.15, 0.2) is 0 Å². The number of nitrogens with zero attached hydrogens (tertiary/aromatic N) is 4. The van der Waals surface area contributed by atoms with E-state index in [1.165, 1.54) is 65.2 Å². The monoisotopic (exact) mass is 786 g/mol. The van der Waals surface area contributed by atoms with Crippen molar-refractivity contribution in [1.82, 2.24) is 19.1 Å². The van der Waals surface area contributed by atoms with Gasteiger partial charge in [0, 0.05) is 54.5 Å².